The lowest BCUT2D eigenvalue weighted by Gasteiger charge is -2.18. The zero-order valence-electron chi connectivity index (χ0n) is 12.0. The maximum atomic E-state index is 12.6. The third-order valence-electron chi connectivity index (χ3n) is 4.76. The second-order valence-electron chi connectivity index (χ2n) is 6.17. The van der Waals surface area contributed by atoms with Crippen molar-refractivity contribution in [3.63, 3.8) is 0 Å². The van der Waals surface area contributed by atoms with Crippen molar-refractivity contribution >= 4 is 10.0 Å². The van der Waals surface area contributed by atoms with Gasteiger partial charge >= 0.3 is 0 Å². The fourth-order valence-corrected chi connectivity index (χ4v) is 5.17. The number of sulfonamides is 1. The molecular formula is C15H22N2O3S. The summed E-state index contributed by atoms with van der Waals surface area (Å²) in [6.07, 6.45) is 1.40. The van der Waals surface area contributed by atoms with E-state index in [2.05, 4.69) is 0 Å². The minimum Gasteiger partial charge on any atom is -0.393 e. The molecule has 1 heterocycles. The molecule has 0 aromatic heterocycles. The van der Waals surface area contributed by atoms with Gasteiger partial charge in [0.05, 0.1) is 11.9 Å². The number of aliphatic hydroxyl groups is 1. The number of hydrogen-bond donors (Lipinski definition) is 2. The minimum atomic E-state index is -3.32. The second kappa shape index (κ2) is 5.68. The first-order valence-electron chi connectivity index (χ1n) is 7.43. The highest BCUT2D eigenvalue weighted by Gasteiger charge is 2.45. The Hall–Kier alpha value is -0.950. The molecule has 5 nitrogen and oxygen atoms in total. The molecule has 2 aliphatic rings. The van der Waals surface area contributed by atoms with Crippen molar-refractivity contribution in [3.05, 3.63) is 35.4 Å². The van der Waals surface area contributed by atoms with Crippen molar-refractivity contribution in [2.24, 2.45) is 17.6 Å². The third-order valence-corrected chi connectivity index (χ3v) is 6.54. The molecule has 116 valence electrons. The van der Waals surface area contributed by atoms with Crippen LogP contribution < -0.4 is 5.73 Å². The van der Waals surface area contributed by atoms with Gasteiger partial charge in [0, 0.05) is 25.6 Å². The highest BCUT2D eigenvalue weighted by atomic mass is 32.2. The van der Waals surface area contributed by atoms with E-state index < -0.39 is 10.0 Å². The van der Waals surface area contributed by atoms with Crippen LogP contribution in [0, 0.1) is 11.8 Å². The molecule has 0 amide bonds. The zero-order chi connectivity index (χ0) is 15.0. The number of benzene rings is 1. The summed E-state index contributed by atoms with van der Waals surface area (Å²) in [7, 11) is -3.32. The number of nitrogens with two attached hydrogens (primary N) is 1. The molecular weight excluding hydrogens is 288 g/mol. The Balaban J connectivity index is 1.73. The monoisotopic (exact) mass is 310 g/mol. The maximum absolute atomic E-state index is 12.6. The van der Waals surface area contributed by atoms with E-state index in [1.54, 1.807) is 4.31 Å². The van der Waals surface area contributed by atoms with Gasteiger partial charge in [-0.3, -0.25) is 0 Å². The molecule has 1 saturated heterocycles. The first-order valence-corrected chi connectivity index (χ1v) is 9.04. The normalized spacial score (nSPS) is 29.7. The van der Waals surface area contributed by atoms with Crippen LogP contribution in [-0.2, 0) is 22.3 Å². The summed E-state index contributed by atoms with van der Waals surface area (Å²) < 4.78 is 26.7. The van der Waals surface area contributed by atoms with E-state index in [1.165, 1.54) is 0 Å². The summed E-state index contributed by atoms with van der Waals surface area (Å²) in [6.45, 7) is 1.43. The Labute approximate surface area is 125 Å². The molecule has 1 aromatic carbocycles. The first-order chi connectivity index (χ1) is 9.99. The predicted octanol–water partition coefficient (Wildman–Crippen LogP) is 0.678. The van der Waals surface area contributed by atoms with Gasteiger partial charge < -0.3 is 10.8 Å². The number of aliphatic hydroxyl groups excluding tert-OH is 1. The lowest BCUT2D eigenvalue weighted by Crippen LogP contribution is -2.32. The molecule has 1 aliphatic carbocycles. The molecule has 6 heteroatoms. The summed E-state index contributed by atoms with van der Waals surface area (Å²) >= 11 is 0. The molecule has 3 atom stereocenters. The van der Waals surface area contributed by atoms with Gasteiger partial charge in [0.15, 0.2) is 0 Å². The van der Waals surface area contributed by atoms with Gasteiger partial charge in [0.2, 0.25) is 10.0 Å². The predicted molar refractivity (Wildman–Crippen MR) is 80.8 cm³/mol. The van der Waals surface area contributed by atoms with Crippen LogP contribution in [0.25, 0.3) is 0 Å². The van der Waals surface area contributed by atoms with Gasteiger partial charge in [-0.1, -0.05) is 24.3 Å². The Morgan fingerprint density at radius 1 is 1.24 bits per heavy atom. The van der Waals surface area contributed by atoms with Gasteiger partial charge in [-0.25, -0.2) is 12.7 Å². The first kappa shape index (κ1) is 15.0. The van der Waals surface area contributed by atoms with Crippen LogP contribution in [-0.4, -0.2) is 37.0 Å². The van der Waals surface area contributed by atoms with Crippen molar-refractivity contribution in [1.29, 1.82) is 0 Å². The number of rotatable bonds is 4. The molecule has 1 aromatic rings. The summed E-state index contributed by atoms with van der Waals surface area (Å²) in [6, 6.07) is 7.41. The van der Waals surface area contributed by atoms with E-state index in [4.69, 9.17) is 5.73 Å². The van der Waals surface area contributed by atoms with E-state index in [0.717, 1.165) is 24.0 Å². The molecule has 0 bridgehead atoms. The number of nitrogens with zero attached hydrogens (tertiary/aromatic N) is 1. The molecule has 1 aliphatic heterocycles. The molecule has 2 fully saturated rings. The highest BCUT2D eigenvalue weighted by Crippen LogP contribution is 2.39. The fourth-order valence-electron chi connectivity index (χ4n) is 3.57. The van der Waals surface area contributed by atoms with Crippen LogP contribution in [0.2, 0.25) is 0 Å². The minimum absolute atomic E-state index is 0.0103. The zero-order valence-corrected chi connectivity index (χ0v) is 12.8. The molecule has 3 unspecified atom stereocenters. The molecule has 1 saturated carbocycles. The van der Waals surface area contributed by atoms with Crippen molar-refractivity contribution in [2.45, 2.75) is 31.2 Å². The molecule has 3 rings (SSSR count). The average molecular weight is 310 g/mol. The van der Waals surface area contributed by atoms with E-state index in [1.807, 2.05) is 24.3 Å². The Kier molecular flexibility index (Phi) is 4.05. The van der Waals surface area contributed by atoms with Crippen molar-refractivity contribution in [1.82, 2.24) is 4.31 Å². The van der Waals surface area contributed by atoms with Crippen LogP contribution in [0.15, 0.2) is 24.3 Å². The van der Waals surface area contributed by atoms with Crippen molar-refractivity contribution in [2.75, 3.05) is 13.1 Å². The molecule has 0 radical (unpaired) electrons. The number of hydrogen-bond acceptors (Lipinski definition) is 4. The number of fused-ring (bicyclic) bond motifs is 1. The lowest BCUT2D eigenvalue weighted by molar-refractivity contribution is 0.129. The van der Waals surface area contributed by atoms with E-state index in [-0.39, 0.29) is 17.8 Å². The van der Waals surface area contributed by atoms with E-state index in [9.17, 15) is 13.5 Å². The van der Waals surface area contributed by atoms with Gasteiger partial charge in [0.25, 0.3) is 0 Å². The second-order valence-corrected chi connectivity index (χ2v) is 8.13. The molecule has 21 heavy (non-hydrogen) atoms. The average Bonchev–Trinajstić information content (AvgIpc) is 3.02. The summed E-state index contributed by atoms with van der Waals surface area (Å²) in [5.74, 6) is 0.455. The SMILES string of the molecule is NCc1cccc(CS(=O)(=O)N2CC3CCC(O)C3C2)c1. The third kappa shape index (κ3) is 2.99. The largest absolute Gasteiger partial charge is 0.393 e. The van der Waals surface area contributed by atoms with Crippen LogP contribution in [0.1, 0.15) is 24.0 Å². The van der Waals surface area contributed by atoms with Gasteiger partial charge in [-0.05, 0) is 29.9 Å². The Bertz CT molecular complexity index is 617. The van der Waals surface area contributed by atoms with Gasteiger partial charge in [-0.15, -0.1) is 0 Å². The van der Waals surface area contributed by atoms with E-state index >= 15 is 0 Å². The Morgan fingerprint density at radius 2 is 2.00 bits per heavy atom. The maximum Gasteiger partial charge on any atom is 0.218 e. The quantitative estimate of drug-likeness (QED) is 0.856. The van der Waals surface area contributed by atoms with Crippen LogP contribution >= 0.6 is 0 Å². The summed E-state index contributed by atoms with van der Waals surface area (Å²) in [5.41, 5.74) is 7.31. The molecule has 0 spiro atoms. The topological polar surface area (TPSA) is 83.6 Å². The Morgan fingerprint density at radius 3 is 2.71 bits per heavy atom. The summed E-state index contributed by atoms with van der Waals surface area (Å²) in [5, 5.41) is 9.91. The summed E-state index contributed by atoms with van der Waals surface area (Å²) in [4.78, 5) is 0. The van der Waals surface area contributed by atoms with E-state index in [0.29, 0.717) is 25.6 Å². The van der Waals surface area contributed by atoms with Crippen LogP contribution in [0.3, 0.4) is 0 Å². The fraction of sp³-hybridized carbons (Fsp3) is 0.600. The standard InChI is InChI=1S/C15H22N2O3S/c16-7-11-2-1-3-12(6-11)10-21(19,20)17-8-13-4-5-15(18)14(13)9-17/h1-3,6,13-15,18H,4-5,7-10,16H2. The van der Waals surface area contributed by atoms with Gasteiger partial charge in [0.1, 0.15) is 0 Å². The lowest BCUT2D eigenvalue weighted by atomic mass is 10.00. The van der Waals surface area contributed by atoms with Crippen LogP contribution in [0.5, 0.6) is 0 Å². The van der Waals surface area contributed by atoms with Crippen molar-refractivity contribution in [3.8, 4) is 0 Å². The van der Waals surface area contributed by atoms with Gasteiger partial charge in [-0.2, -0.15) is 0 Å². The van der Waals surface area contributed by atoms with Crippen LogP contribution in [0.4, 0.5) is 0 Å². The smallest absolute Gasteiger partial charge is 0.218 e. The highest BCUT2D eigenvalue weighted by molar-refractivity contribution is 7.88. The van der Waals surface area contributed by atoms with Crippen molar-refractivity contribution < 1.29 is 13.5 Å². The molecule has 3 N–H and O–H groups in total.